The van der Waals surface area contributed by atoms with Crippen molar-refractivity contribution in [3.8, 4) is 34.2 Å². The number of amides is 1. The monoisotopic (exact) mass is 522 g/mol. The second-order valence-electron chi connectivity index (χ2n) is 8.20. The Morgan fingerprint density at radius 3 is 2.58 bits per heavy atom. The number of nitro benzene ring substituents is 1. The third kappa shape index (κ3) is 4.76. The van der Waals surface area contributed by atoms with Crippen molar-refractivity contribution in [1.82, 2.24) is 15.0 Å². The first-order chi connectivity index (χ1) is 18.4. The van der Waals surface area contributed by atoms with Crippen LogP contribution in [0, 0.1) is 28.4 Å². The van der Waals surface area contributed by atoms with Crippen LogP contribution in [0.3, 0.4) is 0 Å². The Bertz CT molecular complexity index is 1760. The van der Waals surface area contributed by atoms with Gasteiger partial charge in [-0.3, -0.25) is 25.2 Å². The Morgan fingerprint density at radius 1 is 1.08 bits per heavy atom. The van der Waals surface area contributed by atoms with Gasteiger partial charge in [-0.25, -0.2) is 9.97 Å². The van der Waals surface area contributed by atoms with Gasteiger partial charge in [0, 0.05) is 40.7 Å². The molecule has 0 atom stereocenters. The molecule has 10 nitrogen and oxygen atoms in total. The van der Waals surface area contributed by atoms with Gasteiger partial charge in [0.05, 0.1) is 34.9 Å². The number of fused-ring (bicyclic) bond motifs is 1. The van der Waals surface area contributed by atoms with Crippen LogP contribution in [-0.2, 0) is 0 Å². The van der Waals surface area contributed by atoms with Crippen LogP contribution in [-0.4, -0.2) is 32.9 Å². The molecule has 1 amide bonds. The first-order valence-corrected chi connectivity index (χ1v) is 12.1. The molecule has 0 unspecified atom stereocenters. The number of anilines is 1. The quantitative estimate of drug-likeness (QED) is 0.219. The van der Waals surface area contributed by atoms with Crippen molar-refractivity contribution in [3.05, 3.63) is 93.8 Å². The SMILES string of the molecule is COc1ccc([N+](=O)[O-])cc1-c1cc(C)ncc1C(=O)Nc1nc2ccc(-c3ccc(C#N)cc3)nc2s1. The van der Waals surface area contributed by atoms with Crippen molar-refractivity contribution in [1.29, 1.82) is 5.26 Å². The number of nitro groups is 1. The fourth-order valence-electron chi connectivity index (χ4n) is 3.89. The van der Waals surface area contributed by atoms with Crippen molar-refractivity contribution in [2.75, 3.05) is 12.4 Å². The molecule has 0 aliphatic carbocycles. The van der Waals surface area contributed by atoms with Crippen LogP contribution in [0.4, 0.5) is 10.8 Å². The van der Waals surface area contributed by atoms with Gasteiger partial charge in [0.2, 0.25) is 0 Å². The van der Waals surface area contributed by atoms with Gasteiger partial charge in [-0.05, 0) is 43.3 Å². The number of aryl methyl sites for hydroxylation is 1. The van der Waals surface area contributed by atoms with E-state index in [2.05, 4.69) is 26.3 Å². The number of nitrogens with one attached hydrogen (secondary N) is 1. The van der Waals surface area contributed by atoms with Crippen molar-refractivity contribution >= 4 is 38.4 Å². The number of carbonyl (C=O) groups excluding carboxylic acids is 1. The second kappa shape index (κ2) is 10.0. The summed E-state index contributed by atoms with van der Waals surface area (Å²) >= 11 is 1.21. The summed E-state index contributed by atoms with van der Waals surface area (Å²) in [6.45, 7) is 1.76. The summed E-state index contributed by atoms with van der Waals surface area (Å²) in [5.74, 6) is -0.0952. The molecule has 186 valence electrons. The molecule has 0 aliphatic rings. The third-order valence-electron chi connectivity index (χ3n) is 5.76. The standard InChI is InChI=1S/C27H18N6O4S/c1-15-11-19(20-12-18(33(35)36)7-10-24(20)37-2)21(14-29-15)25(34)32-27-31-23-9-8-22(30-26(23)38-27)17-5-3-16(13-28)4-6-17/h3-12,14H,1-2H3,(H,31,32,34). The van der Waals surface area contributed by atoms with Gasteiger partial charge in [0.1, 0.15) is 16.1 Å². The maximum Gasteiger partial charge on any atom is 0.270 e. The number of benzene rings is 2. The first kappa shape index (κ1) is 24.5. The van der Waals surface area contributed by atoms with Gasteiger partial charge < -0.3 is 4.74 Å². The molecule has 0 fully saturated rings. The van der Waals surface area contributed by atoms with Crippen LogP contribution in [0.25, 0.3) is 32.7 Å². The number of aromatic nitrogens is 3. The third-order valence-corrected chi connectivity index (χ3v) is 6.64. The Balaban J connectivity index is 1.48. The Kier molecular flexibility index (Phi) is 6.47. The summed E-state index contributed by atoms with van der Waals surface area (Å²) in [5.41, 5.74) is 4.29. The zero-order valence-electron chi connectivity index (χ0n) is 20.1. The van der Waals surface area contributed by atoms with Gasteiger partial charge >= 0.3 is 0 Å². The average Bonchev–Trinajstić information content (AvgIpc) is 3.34. The number of carbonyl (C=O) groups is 1. The van der Waals surface area contributed by atoms with Gasteiger partial charge in [0.25, 0.3) is 11.6 Å². The molecule has 1 N–H and O–H groups in total. The summed E-state index contributed by atoms with van der Waals surface area (Å²) in [4.78, 5) is 38.3. The molecule has 0 spiro atoms. The van der Waals surface area contributed by atoms with E-state index < -0.39 is 10.8 Å². The minimum Gasteiger partial charge on any atom is -0.496 e. The normalized spacial score (nSPS) is 10.7. The number of thiazole rings is 1. The highest BCUT2D eigenvalue weighted by Crippen LogP contribution is 2.36. The number of non-ortho nitro benzene ring substituents is 1. The summed E-state index contributed by atoms with van der Waals surface area (Å²) < 4.78 is 5.42. The van der Waals surface area contributed by atoms with Crippen LogP contribution in [0.2, 0.25) is 0 Å². The largest absolute Gasteiger partial charge is 0.496 e. The van der Waals surface area contributed by atoms with E-state index in [1.165, 1.54) is 42.8 Å². The number of hydrogen-bond donors (Lipinski definition) is 1. The predicted octanol–water partition coefficient (Wildman–Crippen LogP) is 5.77. The van der Waals surface area contributed by atoms with Crippen molar-refractivity contribution in [2.24, 2.45) is 0 Å². The number of nitrogens with zero attached hydrogens (tertiary/aromatic N) is 5. The highest BCUT2D eigenvalue weighted by atomic mass is 32.1. The molecule has 5 aromatic rings. The van der Waals surface area contributed by atoms with Gasteiger partial charge in [-0.15, -0.1) is 0 Å². The zero-order chi connectivity index (χ0) is 26.8. The second-order valence-corrected chi connectivity index (χ2v) is 9.17. The number of ether oxygens (including phenoxy) is 1. The lowest BCUT2D eigenvalue weighted by Crippen LogP contribution is -2.14. The number of hydrogen-bond acceptors (Lipinski definition) is 9. The van der Waals surface area contributed by atoms with E-state index in [0.29, 0.717) is 49.3 Å². The highest BCUT2D eigenvalue weighted by Gasteiger charge is 2.21. The first-order valence-electron chi connectivity index (χ1n) is 11.2. The highest BCUT2D eigenvalue weighted by molar-refractivity contribution is 7.22. The molecule has 0 radical (unpaired) electrons. The van der Waals surface area contributed by atoms with Crippen molar-refractivity contribution < 1.29 is 14.5 Å². The molecular formula is C27H18N6O4S. The minimum absolute atomic E-state index is 0.128. The lowest BCUT2D eigenvalue weighted by atomic mass is 9.98. The lowest BCUT2D eigenvalue weighted by molar-refractivity contribution is -0.384. The Hall–Kier alpha value is -5.21. The molecule has 3 aromatic heterocycles. The molecule has 2 aromatic carbocycles. The topological polar surface area (TPSA) is 144 Å². The van der Waals surface area contributed by atoms with Crippen molar-refractivity contribution in [3.63, 3.8) is 0 Å². The molecule has 11 heteroatoms. The van der Waals surface area contributed by atoms with Crippen molar-refractivity contribution in [2.45, 2.75) is 6.92 Å². The summed E-state index contributed by atoms with van der Waals surface area (Å²) in [5, 5.41) is 23.5. The molecule has 0 saturated carbocycles. The van der Waals surface area contributed by atoms with E-state index >= 15 is 0 Å². The molecule has 0 saturated heterocycles. The van der Waals surface area contributed by atoms with E-state index in [9.17, 15) is 14.9 Å². The fourth-order valence-corrected chi connectivity index (χ4v) is 4.73. The Labute approximate surface area is 220 Å². The summed E-state index contributed by atoms with van der Waals surface area (Å²) in [6, 6.07) is 18.7. The van der Waals surface area contributed by atoms with Crippen LogP contribution in [0.1, 0.15) is 21.6 Å². The van der Waals surface area contributed by atoms with E-state index in [4.69, 9.17) is 10.00 Å². The maximum atomic E-state index is 13.4. The van der Waals surface area contributed by atoms with E-state index in [1.54, 1.807) is 25.1 Å². The van der Waals surface area contributed by atoms with E-state index in [1.807, 2.05) is 24.3 Å². The summed E-state index contributed by atoms with van der Waals surface area (Å²) in [7, 11) is 1.46. The number of nitriles is 1. The number of pyridine rings is 2. The zero-order valence-corrected chi connectivity index (χ0v) is 20.9. The molecular weight excluding hydrogens is 504 g/mol. The Morgan fingerprint density at radius 2 is 1.87 bits per heavy atom. The number of rotatable bonds is 6. The molecule has 0 bridgehead atoms. The molecule has 0 aliphatic heterocycles. The van der Waals surface area contributed by atoms with Gasteiger partial charge in [-0.1, -0.05) is 23.5 Å². The van der Waals surface area contributed by atoms with Gasteiger partial charge in [0.15, 0.2) is 5.13 Å². The average molecular weight is 523 g/mol. The van der Waals surface area contributed by atoms with E-state index in [0.717, 1.165) is 5.56 Å². The van der Waals surface area contributed by atoms with Crippen LogP contribution < -0.4 is 10.1 Å². The smallest absolute Gasteiger partial charge is 0.270 e. The molecule has 5 rings (SSSR count). The number of methoxy groups -OCH3 is 1. The van der Waals surface area contributed by atoms with Gasteiger partial charge in [-0.2, -0.15) is 5.26 Å². The van der Waals surface area contributed by atoms with Crippen LogP contribution >= 0.6 is 11.3 Å². The molecule has 3 heterocycles. The van der Waals surface area contributed by atoms with E-state index in [-0.39, 0.29) is 11.3 Å². The van der Waals surface area contributed by atoms with Crippen LogP contribution in [0.15, 0.2) is 66.9 Å². The maximum absolute atomic E-state index is 13.4. The fraction of sp³-hybridized carbons (Fsp3) is 0.0741. The predicted molar refractivity (Wildman–Crippen MR) is 143 cm³/mol. The van der Waals surface area contributed by atoms with Crippen LogP contribution in [0.5, 0.6) is 5.75 Å². The molecule has 38 heavy (non-hydrogen) atoms. The lowest BCUT2D eigenvalue weighted by Gasteiger charge is -2.13. The summed E-state index contributed by atoms with van der Waals surface area (Å²) in [6.07, 6.45) is 1.42. The minimum atomic E-state index is -0.503.